The first-order valence-corrected chi connectivity index (χ1v) is 18.3. The third-order valence-electron chi connectivity index (χ3n) is 6.71. The van der Waals surface area contributed by atoms with E-state index >= 15 is 0 Å². The van der Waals surface area contributed by atoms with Gasteiger partial charge in [0.2, 0.25) is 0 Å². The summed E-state index contributed by atoms with van der Waals surface area (Å²) in [6.07, 6.45) is 5.49. The summed E-state index contributed by atoms with van der Waals surface area (Å²) in [6.45, 7) is 40.9. The van der Waals surface area contributed by atoms with Gasteiger partial charge in [-0.1, -0.05) is 48.0 Å². The molecule has 0 N–H and O–H groups in total. The number of hydrogen-bond acceptors (Lipinski definition) is 6. The van der Waals surface area contributed by atoms with Crippen LogP contribution in [0, 0.1) is 39.2 Å². The maximum absolute atomic E-state index is 11.5. The van der Waals surface area contributed by atoms with Gasteiger partial charge in [-0.15, -0.1) is 0 Å². The van der Waals surface area contributed by atoms with E-state index in [1.54, 1.807) is 25.7 Å². The summed E-state index contributed by atoms with van der Waals surface area (Å²) in [5, 5.41) is 0.217. The van der Waals surface area contributed by atoms with Crippen molar-refractivity contribution in [3.63, 3.8) is 0 Å². The van der Waals surface area contributed by atoms with E-state index in [4.69, 9.17) is 32.3 Å². The van der Waals surface area contributed by atoms with Gasteiger partial charge in [-0.2, -0.15) is 0 Å². The second-order valence-electron chi connectivity index (χ2n) is 11.8. The van der Waals surface area contributed by atoms with Gasteiger partial charge in [0.1, 0.15) is 6.10 Å². The number of carbonyl (C=O) groups excluding carboxylic acids is 2. The standard InChI is InChI=1S/C25H48O6Si2.3CO.Fe/c1-20(31-33(11,12)25(6,7)8)18-23(28-19-26)15-13-14-22(30-21(2)27)16-17-29-32(9,10)24(3,4)5;3*1-2;/h13-15,20,22-23H,16-18H2,1-12H3;;;;/q-1;;;;+2/t20-,22-,23+;;;;/m1..../s1. The zero-order valence-corrected chi connectivity index (χ0v) is 29.2. The van der Waals surface area contributed by atoms with Crippen molar-refractivity contribution in [1.29, 1.82) is 0 Å². The van der Waals surface area contributed by atoms with Gasteiger partial charge in [0.25, 0.3) is 0 Å². The van der Waals surface area contributed by atoms with Crippen LogP contribution < -0.4 is 0 Å². The summed E-state index contributed by atoms with van der Waals surface area (Å²) in [6, 6.07) is 0. The van der Waals surface area contributed by atoms with Gasteiger partial charge in [-0.25, -0.2) is 0 Å². The Morgan fingerprint density at radius 1 is 0.875 bits per heavy atom. The van der Waals surface area contributed by atoms with Crippen LogP contribution in [0.3, 0.4) is 0 Å². The first-order chi connectivity index (χ1) is 17.8. The van der Waals surface area contributed by atoms with Crippen LogP contribution in [0.4, 0.5) is 0 Å². The quantitative estimate of drug-likeness (QED) is 0.0923. The van der Waals surface area contributed by atoms with Crippen LogP contribution in [0.15, 0.2) is 0 Å². The van der Waals surface area contributed by atoms with E-state index < -0.39 is 28.8 Å². The fourth-order valence-electron chi connectivity index (χ4n) is 2.65. The number of ether oxygens (including phenoxy) is 2. The van der Waals surface area contributed by atoms with Crippen molar-refractivity contribution >= 4 is 29.1 Å². The van der Waals surface area contributed by atoms with E-state index in [1.807, 2.05) is 6.92 Å². The predicted octanol–water partition coefficient (Wildman–Crippen LogP) is 6.08. The molecule has 0 saturated carbocycles. The molecule has 0 aliphatic rings. The first-order valence-electron chi connectivity index (χ1n) is 12.5. The molecule has 3 atom stereocenters. The monoisotopic (exact) mass is 640 g/mol. The zero-order chi connectivity index (χ0) is 32.1. The minimum atomic E-state index is -1.92. The Morgan fingerprint density at radius 3 is 1.68 bits per heavy atom. The van der Waals surface area contributed by atoms with Crippen LogP contribution >= 0.6 is 0 Å². The second kappa shape index (κ2) is 24.6. The molecule has 0 bridgehead atoms. The smallest absolute Gasteiger partial charge is 2.00 e. The average molecular weight is 641 g/mol. The van der Waals surface area contributed by atoms with Crippen molar-refractivity contribution in [3.05, 3.63) is 39.2 Å². The van der Waals surface area contributed by atoms with Crippen LogP contribution in [0.5, 0.6) is 0 Å². The van der Waals surface area contributed by atoms with Crippen LogP contribution in [-0.2, 0) is 58.9 Å². The molecule has 0 amide bonds. The van der Waals surface area contributed by atoms with Crippen LogP contribution in [0.1, 0.15) is 68.2 Å². The Morgan fingerprint density at radius 2 is 1.30 bits per heavy atom. The topological polar surface area (TPSA) is 131 Å². The van der Waals surface area contributed by atoms with E-state index in [9.17, 15) is 9.59 Å². The summed E-state index contributed by atoms with van der Waals surface area (Å²) in [7, 11) is -3.79. The molecule has 0 rings (SSSR count). The summed E-state index contributed by atoms with van der Waals surface area (Å²) in [4.78, 5) is 22.4. The Bertz CT molecular complexity index is 708. The molecule has 0 aliphatic heterocycles. The van der Waals surface area contributed by atoms with Gasteiger partial charge in [0.05, 0.1) is 6.10 Å². The molecular formula is C28H48FeO9Si2+. The van der Waals surface area contributed by atoms with E-state index in [-0.39, 0.29) is 39.2 Å². The molecule has 40 heavy (non-hydrogen) atoms. The number of carbonyl (C=O) groups is 1. The molecule has 0 unspecified atom stereocenters. The molecule has 0 aromatic carbocycles. The van der Waals surface area contributed by atoms with Gasteiger partial charge in [0, 0.05) is 45.3 Å². The van der Waals surface area contributed by atoms with Gasteiger partial charge in [0.15, 0.2) is 16.6 Å². The van der Waals surface area contributed by atoms with Crippen molar-refractivity contribution in [2.75, 3.05) is 6.61 Å². The largest absolute Gasteiger partial charge is 2.00 e. The number of rotatable bonds is 15. The minimum absolute atomic E-state index is 0. The van der Waals surface area contributed by atoms with Gasteiger partial charge < -0.3 is 23.1 Å². The third-order valence-corrected chi connectivity index (χ3v) is 15.8. The number of esters is 1. The van der Waals surface area contributed by atoms with E-state index in [2.05, 4.69) is 87.7 Å². The molecule has 0 heterocycles. The fraction of sp³-hybridized carbons (Fsp3) is 0.714. The summed E-state index contributed by atoms with van der Waals surface area (Å²) in [5.41, 5.74) is 0. The molecule has 0 aromatic heterocycles. The van der Waals surface area contributed by atoms with Crippen LogP contribution in [0.25, 0.3) is 0 Å². The van der Waals surface area contributed by atoms with E-state index in [0.717, 1.165) is 0 Å². The molecule has 229 valence electrons. The Balaban J connectivity index is -0.000000543. The normalized spacial score (nSPS) is 13.4. The molecule has 12 heteroatoms. The summed E-state index contributed by atoms with van der Waals surface area (Å²) in [5.74, 6) is -0.345. The molecule has 9 nitrogen and oxygen atoms in total. The molecule has 0 aliphatic carbocycles. The zero-order valence-electron chi connectivity index (χ0n) is 26.1. The van der Waals surface area contributed by atoms with E-state index in [0.29, 0.717) is 19.4 Å². The van der Waals surface area contributed by atoms with Gasteiger partial charge in [-0.05, 0) is 49.6 Å². The van der Waals surface area contributed by atoms with Crippen LogP contribution in [-0.4, -0.2) is 54.0 Å². The Kier molecular flexibility index (Phi) is 30.0. The third kappa shape index (κ3) is 22.7. The molecular weight excluding hydrogens is 592 g/mol. The minimum Gasteiger partial charge on any atom is 2.00 e. The van der Waals surface area contributed by atoms with Crippen molar-refractivity contribution in [2.45, 2.75) is 123 Å². The average Bonchev–Trinajstić information content (AvgIpc) is 2.80. The van der Waals surface area contributed by atoms with Crippen molar-refractivity contribution in [1.82, 2.24) is 0 Å². The Labute approximate surface area is 256 Å². The summed E-state index contributed by atoms with van der Waals surface area (Å²) < 4.78 is 45.7. The van der Waals surface area contributed by atoms with Gasteiger partial charge in [-0.3, -0.25) is 4.79 Å². The predicted molar refractivity (Wildman–Crippen MR) is 151 cm³/mol. The molecule has 0 spiro atoms. The molecule has 0 saturated heterocycles. The van der Waals surface area contributed by atoms with Crippen LogP contribution in [0.2, 0.25) is 36.3 Å². The van der Waals surface area contributed by atoms with Crippen molar-refractivity contribution < 1.29 is 58.9 Å². The fourth-order valence-corrected chi connectivity index (χ4v) is 5.17. The first kappa shape index (κ1) is 48.7. The van der Waals surface area contributed by atoms with Gasteiger partial charge >= 0.3 is 56.9 Å². The van der Waals surface area contributed by atoms with Crippen molar-refractivity contribution in [3.8, 4) is 0 Å². The second-order valence-corrected chi connectivity index (χ2v) is 21.4. The maximum atomic E-state index is 11.5. The number of hydrogen-bond donors (Lipinski definition) is 0. The molecule has 3 radical (unpaired) electrons. The SMILES string of the molecule is CC(=O)O[C@H]([CH][CH][CH][C@@H](C[C@@H](C)O[Si](C)(C)C(C)(C)C)O[C-]=O)CCO[Si](C)(C)C(C)(C)C.[C-]#[O+].[C-]#[O+].[C-]#[O+].[Fe+2]. The van der Waals surface area contributed by atoms with Crippen molar-refractivity contribution in [2.24, 2.45) is 0 Å². The van der Waals surface area contributed by atoms with E-state index in [1.165, 1.54) is 6.92 Å². The molecule has 0 fully saturated rings. The summed E-state index contributed by atoms with van der Waals surface area (Å²) >= 11 is 0. The maximum Gasteiger partial charge on any atom is 2.00 e. The Hall–Kier alpha value is -0.967. The molecule has 0 aromatic rings.